The molecule has 0 unspecified atom stereocenters. The highest BCUT2D eigenvalue weighted by atomic mass is 16.5. The molecule has 0 spiro atoms. The monoisotopic (exact) mass is 414 g/mol. The maximum atomic E-state index is 9.73. The molecule has 6 nitrogen and oxygen atoms in total. The Balaban J connectivity index is 1.36. The number of anilines is 1. The van der Waals surface area contributed by atoms with Gasteiger partial charge in [0.1, 0.15) is 18.2 Å². The van der Waals surface area contributed by atoms with Crippen molar-refractivity contribution in [2.45, 2.75) is 44.4 Å². The second kappa shape index (κ2) is 8.78. The summed E-state index contributed by atoms with van der Waals surface area (Å²) in [5.41, 5.74) is 3.86. The van der Waals surface area contributed by atoms with Gasteiger partial charge in [-0.3, -0.25) is 0 Å². The molecule has 2 N–H and O–H groups in total. The fourth-order valence-corrected chi connectivity index (χ4v) is 4.06. The second-order valence-electron chi connectivity index (χ2n) is 8.08. The summed E-state index contributed by atoms with van der Waals surface area (Å²) in [7, 11) is 0. The van der Waals surface area contributed by atoms with Crippen LogP contribution < -0.4 is 10.1 Å². The number of imidazole rings is 1. The van der Waals surface area contributed by atoms with Crippen LogP contribution in [-0.4, -0.2) is 31.9 Å². The average Bonchev–Trinajstić information content (AvgIpc) is 3.23. The van der Waals surface area contributed by atoms with Crippen LogP contribution in [0.2, 0.25) is 0 Å². The van der Waals surface area contributed by atoms with E-state index in [1.807, 2.05) is 65.3 Å². The van der Waals surface area contributed by atoms with Crippen LogP contribution in [0.4, 0.5) is 5.82 Å². The molecule has 0 atom stereocenters. The minimum atomic E-state index is -0.162. The number of hydrogen-bond donors (Lipinski definition) is 2. The lowest BCUT2D eigenvalue weighted by atomic mass is 9.93. The van der Waals surface area contributed by atoms with Crippen LogP contribution in [0.25, 0.3) is 16.9 Å². The number of nitrogens with zero attached hydrogens (tertiary/aromatic N) is 3. The minimum Gasteiger partial charge on any atom is -0.489 e. The highest BCUT2D eigenvalue weighted by Crippen LogP contribution is 2.26. The summed E-state index contributed by atoms with van der Waals surface area (Å²) in [6, 6.07) is 22.5. The molecule has 2 heterocycles. The van der Waals surface area contributed by atoms with Crippen molar-refractivity contribution >= 4 is 11.5 Å². The molecule has 1 aliphatic rings. The molecule has 0 radical (unpaired) electrons. The first-order valence-corrected chi connectivity index (χ1v) is 10.8. The number of aromatic nitrogens is 3. The molecule has 2 aromatic heterocycles. The van der Waals surface area contributed by atoms with E-state index in [2.05, 4.69) is 22.4 Å². The van der Waals surface area contributed by atoms with Gasteiger partial charge in [0.25, 0.3) is 0 Å². The van der Waals surface area contributed by atoms with Crippen LogP contribution >= 0.6 is 0 Å². The topological polar surface area (TPSA) is 71.7 Å². The van der Waals surface area contributed by atoms with Gasteiger partial charge in [-0.25, -0.2) is 9.50 Å². The Kier molecular flexibility index (Phi) is 5.54. The predicted octanol–water partition coefficient (Wildman–Crippen LogP) is 4.69. The number of hydrogen-bond acceptors (Lipinski definition) is 5. The van der Waals surface area contributed by atoms with Gasteiger partial charge in [0, 0.05) is 11.6 Å². The number of nitrogens with one attached hydrogen (secondary N) is 1. The van der Waals surface area contributed by atoms with Crippen LogP contribution in [0, 0.1) is 0 Å². The van der Waals surface area contributed by atoms with Gasteiger partial charge in [-0.2, -0.15) is 0 Å². The lowest BCUT2D eigenvalue weighted by molar-refractivity contribution is 0.126. The van der Waals surface area contributed by atoms with Crippen molar-refractivity contribution in [1.82, 2.24) is 14.6 Å². The predicted molar refractivity (Wildman–Crippen MR) is 121 cm³/mol. The molecule has 2 aromatic carbocycles. The molecule has 5 rings (SSSR count). The molecular weight excluding hydrogens is 388 g/mol. The third-order valence-corrected chi connectivity index (χ3v) is 5.79. The number of aliphatic hydroxyl groups excluding tert-OH is 1. The number of fused-ring (bicyclic) bond motifs is 1. The lowest BCUT2D eigenvalue weighted by Gasteiger charge is -2.26. The van der Waals surface area contributed by atoms with Crippen molar-refractivity contribution in [3.63, 3.8) is 0 Å². The van der Waals surface area contributed by atoms with E-state index in [0.717, 1.165) is 59.7 Å². The normalized spacial score (nSPS) is 18.7. The van der Waals surface area contributed by atoms with Crippen molar-refractivity contribution in [2.75, 3.05) is 5.32 Å². The lowest BCUT2D eigenvalue weighted by Crippen LogP contribution is -2.28. The van der Waals surface area contributed by atoms with Gasteiger partial charge in [-0.1, -0.05) is 42.5 Å². The number of rotatable bonds is 6. The van der Waals surface area contributed by atoms with Crippen LogP contribution in [-0.2, 0) is 6.61 Å². The Hall–Kier alpha value is -3.38. The molecule has 1 fully saturated rings. The number of ether oxygens (including phenoxy) is 1. The molecule has 4 aromatic rings. The average molecular weight is 415 g/mol. The van der Waals surface area contributed by atoms with Gasteiger partial charge < -0.3 is 15.2 Å². The molecule has 0 saturated heterocycles. The second-order valence-corrected chi connectivity index (χ2v) is 8.08. The molecule has 0 aliphatic heterocycles. The SMILES string of the molecule is OC1CCC(Nc2ccc3ncc(-c4cccc(OCc5ccccc5)c4)n3n2)CC1. The molecular formula is C25H26N4O2. The van der Waals surface area contributed by atoms with Crippen LogP contribution in [0.1, 0.15) is 31.2 Å². The fraction of sp³-hybridized carbons (Fsp3) is 0.280. The molecule has 6 heteroatoms. The zero-order chi connectivity index (χ0) is 21.0. The first-order chi connectivity index (χ1) is 15.2. The maximum Gasteiger partial charge on any atom is 0.154 e. The Morgan fingerprint density at radius 2 is 1.81 bits per heavy atom. The Morgan fingerprint density at radius 1 is 0.968 bits per heavy atom. The van der Waals surface area contributed by atoms with Crippen LogP contribution in [0.15, 0.2) is 72.9 Å². The summed E-state index contributed by atoms with van der Waals surface area (Å²) in [5, 5.41) is 18.0. The van der Waals surface area contributed by atoms with Gasteiger partial charge in [-0.05, 0) is 55.5 Å². The Labute approximate surface area is 181 Å². The van der Waals surface area contributed by atoms with Gasteiger partial charge in [-0.15, -0.1) is 5.10 Å². The van der Waals surface area contributed by atoms with Crippen molar-refractivity contribution in [3.8, 4) is 17.0 Å². The zero-order valence-electron chi connectivity index (χ0n) is 17.3. The van der Waals surface area contributed by atoms with Crippen molar-refractivity contribution in [3.05, 3.63) is 78.5 Å². The molecule has 0 bridgehead atoms. The summed E-state index contributed by atoms with van der Waals surface area (Å²) in [6.07, 6.45) is 5.28. The van der Waals surface area contributed by atoms with E-state index >= 15 is 0 Å². The van der Waals surface area contributed by atoms with Crippen molar-refractivity contribution in [2.24, 2.45) is 0 Å². The minimum absolute atomic E-state index is 0.162. The number of aliphatic hydroxyl groups is 1. The largest absolute Gasteiger partial charge is 0.489 e. The highest BCUT2D eigenvalue weighted by Gasteiger charge is 2.19. The van der Waals surface area contributed by atoms with Crippen molar-refractivity contribution in [1.29, 1.82) is 0 Å². The fourth-order valence-electron chi connectivity index (χ4n) is 4.06. The summed E-state index contributed by atoms with van der Waals surface area (Å²) in [4.78, 5) is 4.51. The first kappa shape index (κ1) is 19.6. The molecule has 158 valence electrons. The number of benzene rings is 2. The summed E-state index contributed by atoms with van der Waals surface area (Å²) in [6.45, 7) is 0.528. The van der Waals surface area contributed by atoms with E-state index in [1.54, 1.807) is 0 Å². The third kappa shape index (κ3) is 4.54. The molecule has 31 heavy (non-hydrogen) atoms. The summed E-state index contributed by atoms with van der Waals surface area (Å²) >= 11 is 0. The van der Waals surface area contributed by atoms with Gasteiger partial charge >= 0.3 is 0 Å². The first-order valence-electron chi connectivity index (χ1n) is 10.8. The van der Waals surface area contributed by atoms with E-state index in [9.17, 15) is 5.11 Å². The van der Waals surface area contributed by atoms with Crippen LogP contribution in [0.5, 0.6) is 5.75 Å². The summed E-state index contributed by atoms with van der Waals surface area (Å²) in [5.74, 6) is 1.64. The Morgan fingerprint density at radius 3 is 2.65 bits per heavy atom. The van der Waals surface area contributed by atoms with E-state index < -0.39 is 0 Å². The quantitative estimate of drug-likeness (QED) is 0.479. The standard InChI is InChI=1S/C25H26N4O2/c30-21-11-9-20(10-12-21)27-24-13-14-25-26-16-23(29(25)28-24)19-7-4-8-22(15-19)31-17-18-5-2-1-3-6-18/h1-8,13-16,20-21,30H,9-12,17H2,(H,27,28). The summed E-state index contributed by atoms with van der Waals surface area (Å²) < 4.78 is 7.86. The highest BCUT2D eigenvalue weighted by molar-refractivity contribution is 5.65. The van der Waals surface area contributed by atoms with E-state index in [-0.39, 0.29) is 6.10 Å². The third-order valence-electron chi connectivity index (χ3n) is 5.79. The van der Waals surface area contributed by atoms with E-state index in [4.69, 9.17) is 9.84 Å². The van der Waals surface area contributed by atoms with Crippen molar-refractivity contribution < 1.29 is 9.84 Å². The molecule has 1 aliphatic carbocycles. The molecule has 0 amide bonds. The van der Waals surface area contributed by atoms with Crippen LogP contribution in [0.3, 0.4) is 0 Å². The van der Waals surface area contributed by atoms with Gasteiger partial charge in [0.05, 0.1) is 18.0 Å². The maximum absolute atomic E-state index is 9.73. The van der Waals surface area contributed by atoms with Gasteiger partial charge in [0.15, 0.2) is 5.65 Å². The Bertz CT molecular complexity index is 1150. The zero-order valence-corrected chi connectivity index (χ0v) is 17.3. The smallest absolute Gasteiger partial charge is 0.154 e. The molecule has 1 saturated carbocycles. The van der Waals surface area contributed by atoms with Gasteiger partial charge in [0.2, 0.25) is 0 Å². The van der Waals surface area contributed by atoms with E-state index in [0.29, 0.717) is 12.6 Å². The van der Waals surface area contributed by atoms with E-state index in [1.165, 1.54) is 0 Å².